The number of hydrogen-bond acceptors (Lipinski definition) is 7. The van der Waals surface area contributed by atoms with Crippen molar-refractivity contribution in [2.24, 2.45) is 0 Å². The van der Waals surface area contributed by atoms with Crippen molar-refractivity contribution in [1.29, 1.82) is 0 Å². The van der Waals surface area contributed by atoms with E-state index < -0.39 is 0 Å². The van der Waals surface area contributed by atoms with Crippen LogP contribution in [-0.4, -0.2) is 83.0 Å². The van der Waals surface area contributed by atoms with E-state index in [2.05, 4.69) is 29.7 Å². The molecule has 0 aliphatic carbocycles. The summed E-state index contributed by atoms with van der Waals surface area (Å²) < 4.78 is 0. The van der Waals surface area contributed by atoms with Gasteiger partial charge in [-0.25, -0.2) is 0 Å². The molecule has 0 fully saturated rings. The summed E-state index contributed by atoms with van der Waals surface area (Å²) in [5.41, 5.74) is 0. The summed E-state index contributed by atoms with van der Waals surface area (Å²) in [7, 11) is 15.1. The van der Waals surface area contributed by atoms with E-state index in [0.717, 1.165) is 18.8 Å². The molecule has 0 heterocycles. The van der Waals surface area contributed by atoms with Crippen molar-refractivity contribution >= 4 is 27.4 Å². The summed E-state index contributed by atoms with van der Waals surface area (Å²) in [6.45, 7) is 6.29. The minimum Gasteiger partial charge on any atom is -0.365 e. The van der Waals surface area contributed by atoms with Gasteiger partial charge in [0.2, 0.25) is 0 Å². The summed E-state index contributed by atoms with van der Waals surface area (Å²) in [4.78, 5) is 14.7. The summed E-state index contributed by atoms with van der Waals surface area (Å²) in [6.07, 6.45) is 4.98. The number of carbonyl (C=O) groups is 1. The molecule has 0 amide bonds. The van der Waals surface area contributed by atoms with Gasteiger partial charge in [-0.1, -0.05) is 28.2 Å². The first-order valence-electron chi connectivity index (χ1n) is 7.12. The smallest absolute Gasteiger partial charge is 0.146 e. The Morgan fingerprint density at radius 3 is 1.64 bits per heavy atom. The molecule has 134 valence electrons. The molecule has 22 heavy (non-hydrogen) atoms. The SMILES string of the molecule is C=C(N(C)C)N(C)C.CNCC[C@H](NC)C(C)=O.CSSC. The van der Waals surface area contributed by atoms with Crippen molar-refractivity contribution in [2.75, 3.05) is 61.3 Å². The normalized spacial score (nSPS) is 10.4. The summed E-state index contributed by atoms with van der Waals surface area (Å²) in [5.74, 6) is 1.22. The van der Waals surface area contributed by atoms with E-state index in [1.807, 2.05) is 52.1 Å². The van der Waals surface area contributed by atoms with Crippen LogP contribution in [0.4, 0.5) is 0 Å². The Labute approximate surface area is 146 Å². The van der Waals surface area contributed by atoms with Crippen molar-refractivity contribution in [3.8, 4) is 0 Å². The molecule has 7 heteroatoms. The Kier molecular flexibility index (Phi) is 22.5. The highest BCUT2D eigenvalue weighted by atomic mass is 33.1. The molecule has 0 saturated carbocycles. The second-order valence-electron chi connectivity index (χ2n) is 4.88. The van der Waals surface area contributed by atoms with Crippen LogP contribution in [-0.2, 0) is 4.79 Å². The van der Waals surface area contributed by atoms with Gasteiger partial charge in [0.25, 0.3) is 0 Å². The number of nitrogens with zero attached hydrogens (tertiary/aromatic N) is 2. The Hall–Kier alpha value is -0.370. The van der Waals surface area contributed by atoms with E-state index in [-0.39, 0.29) is 11.8 Å². The van der Waals surface area contributed by atoms with Crippen LogP contribution in [0.5, 0.6) is 0 Å². The molecular formula is C15H36N4OS2. The van der Waals surface area contributed by atoms with Crippen LogP contribution in [0.1, 0.15) is 13.3 Å². The second-order valence-corrected chi connectivity index (χ2v) is 7.55. The molecule has 0 saturated heterocycles. The zero-order chi connectivity index (χ0) is 18.1. The van der Waals surface area contributed by atoms with Crippen LogP contribution in [0.15, 0.2) is 12.4 Å². The number of hydrogen-bond donors (Lipinski definition) is 2. The maximum atomic E-state index is 10.8. The molecule has 1 atom stereocenters. The minimum absolute atomic E-state index is 0.0208. The van der Waals surface area contributed by atoms with Gasteiger partial charge >= 0.3 is 0 Å². The summed E-state index contributed by atoms with van der Waals surface area (Å²) in [6, 6.07) is 0.0208. The Morgan fingerprint density at radius 2 is 1.50 bits per heavy atom. The molecule has 0 aliphatic rings. The van der Waals surface area contributed by atoms with Crippen LogP contribution in [0, 0.1) is 0 Å². The highest BCUT2D eigenvalue weighted by molar-refractivity contribution is 8.76. The fourth-order valence-electron chi connectivity index (χ4n) is 1.24. The van der Waals surface area contributed by atoms with E-state index in [9.17, 15) is 4.79 Å². The number of ketones is 1. The summed E-state index contributed by atoms with van der Waals surface area (Å²) >= 11 is 0. The number of carbonyl (C=O) groups excluding carboxylic acids is 1. The maximum Gasteiger partial charge on any atom is 0.146 e. The van der Waals surface area contributed by atoms with Crippen molar-refractivity contribution in [2.45, 2.75) is 19.4 Å². The Morgan fingerprint density at radius 1 is 1.09 bits per heavy atom. The number of rotatable bonds is 8. The second kappa shape index (κ2) is 18.7. The van der Waals surface area contributed by atoms with Crippen LogP contribution >= 0.6 is 21.6 Å². The quantitative estimate of drug-likeness (QED) is 0.648. The van der Waals surface area contributed by atoms with Crippen LogP contribution in [0.3, 0.4) is 0 Å². The molecular weight excluding hydrogens is 316 g/mol. The Balaban J connectivity index is -0.000000269. The van der Waals surface area contributed by atoms with Gasteiger partial charge in [0.15, 0.2) is 0 Å². The van der Waals surface area contributed by atoms with Crippen molar-refractivity contribution < 1.29 is 4.79 Å². The van der Waals surface area contributed by atoms with Gasteiger partial charge in [0, 0.05) is 28.2 Å². The zero-order valence-corrected chi connectivity index (χ0v) is 17.5. The molecule has 0 spiro atoms. The van der Waals surface area contributed by atoms with Crippen LogP contribution < -0.4 is 10.6 Å². The van der Waals surface area contributed by atoms with E-state index in [1.165, 1.54) is 0 Å². The van der Waals surface area contributed by atoms with Gasteiger partial charge in [-0.15, -0.1) is 0 Å². The predicted octanol–water partition coefficient (Wildman–Crippen LogP) is 1.98. The molecule has 0 aromatic carbocycles. The zero-order valence-electron chi connectivity index (χ0n) is 15.8. The van der Waals surface area contributed by atoms with Gasteiger partial charge in [0.1, 0.15) is 5.78 Å². The highest BCUT2D eigenvalue weighted by Crippen LogP contribution is 2.09. The fraction of sp³-hybridized carbons (Fsp3) is 0.800. The van der Waals surface area contributed by atoms with Crippen LogP contribution in [0.25, 0.3) is 0 Å². The molecule has 2 N–H and O–H groups in total. The van der Waals surface area contributed by atoms with Gasteiger partial charge in [-0.2, -0.15) is 0 Å². The first-order valence-corrected chi connectivity index (χ1v) is 10.1. The topological polar surface area (TPSA) is 47.6 Å². The molecule has 0 aromatic rings. The number of nitrogens with one attached hydrogen (secondary N) is 2. The average Bonchev–Trinajstić information content (AvgIpc) is 2.47. The van der Waals surface area contributed by atoms with Crippen molar-refractivity contribution in [3.05, 3.63) is 12.4 Å². The first kappa shape index (κ1) is 26.5. The van der Waals surface area contributed by atoms with E-state index in [1.54, 1.807) is 28.5 Å². The lowest BCUT2D eigenvalue weighted by atomic mass is 10.1. The molecule has 0 bridgehead atoms. The van der Waals surface area contributed by atoms with E-state index in [4.69, 9.17) is 0 Å². The van der Waals surface area contributed by atoms with Crippen LogP contribution in [0.2, 0.25) is 0 Å². The standard InChI is InChI=1S/C7H16N2O.C6H14N2.C2H6S2/c1-6(10)7(9-3)4-5-8-2;1-6(7(2)3)8(4)5;1-3-4-2/h7-9H,4-5H2,1-3H3;1H2,2-5H3;1-2H3/t7-;;/m0../s1. The fourth-order valence-corrected chi connectivity index (χ4v) is 1.24. The lowest BCUT2D eigenvalue weighted by Gasteiger charge is -2.22. The van der Waals surface area contributed by atoms with Crippen molar-refractivity contribution in [3.63, 3.8) is 0 Å². The van der Waals surface area contributed by atoms with Gasteiger partial charge < -0.3 is 20.4 Å². The maximum absolute atomic E-state index is 10.8. The summed E-state index contributed by atoms with van der Waals surface area (Å²) in [5, 5.41) is 5.94. The average molecular weight is 353 g/mol. The lowest BCUT2D eigenvalue weighted by Crippen LogP contribution is -2.34. The third kappa shape index (κ3) is 19.6. The molecule has 0 radical (unpaired) electrons. The molecule has 0 aliphatic heterocycles. The van der Waals surface area contributed by atoms with E-state index >= 15 is 0 Å². The number of likely N-dealkylation sites (N-methyl/N-ethyl adjacent to an activating group) is 1. The molecule has 5 nitrogen and oxygen atoms in total. The van der Waals surface area contributed by atoms with Gasteiger partial charge in [-0.3, -0.25) is 4.79 Å². The molecule has 0 aromatic heterocycles. The Bertz CT molecular complexity index is 262. The lowest BCUT2D eigenvalue weighted by molar-refractivity contribution is -0.118. The molecule has 0 rings (SSSR count). The van der Waals surface area contributed by atoms with Crippen molar-refractivity contribution in [1.82, 2.24) is 20.4 Å². The first-order chi connectivity index (χ1) is 10.2. The third-order valence-corrected chi connectivity index (χ3v) is 4.05. The monoisotopic (exact) mass is 352 g/mol. The molecule has 0 unspecified atom stereocenters. The third-order valence-electron chi connectivity index (χ3n) is 2.72. The van der Waals surface area contributed by atoms with E-state index in [0.29, 0.717) is 0 Å². The minimum atomic E-state index is 0.0208. The predicted molar refractivity (Wildman–Crippen MR) is 106 cm³/mol. The van der Waals surface area contributed by atoms with Gasteiger partial charge in [0.05, 0.1) is 11.9 Å². The number of Topliss-reactive ketones (excluding diaryl/α,β-unsaturated/α-hetero) is 1. The van der Waals surface area contributed by atoms with Gasteiger partial charge in [-0.05, 0) is 46.5 Å². The largest absolute Gasteiger partial charge is 0.365 e. The highest BCUT2D eigenvalue weighted by Gasteiger charge is 2.08.